The summed E-state index contributed by atoms with van der Waals surface area (Å²) in [5.74, 6) is -0.286. The molecule has 0 saturated heterocycles. The van der Waals surface area contributed by atoms with Crippen molar-refractivity contribution in [3.63, 3.8) is 0 Å². The Morgan fingerprint density at radius 2 is 1.91 bits per heavy atom. The molecule has 0 fully saturated rings. The maximum Gasteiger partial charge on any atom is 0.270 e. The van der Waals surface area contributed by atoms with Gasteiger partial charge in [-0.15, -0.1) is 0 Å². The van der Waals surface area contributed by atoms with Crippen molar-refractivity contribution in [1.82, 2.24) is 5.32 Å². The van der Waals surface area contributed by atoms with E-state index >= 15 is 0 Å². The van der Waals surface area contributed by atoms with E-state index in [9.17, 15) is 14.9 Å². The van der Waals surface area contributed by atoms with E-state index in [1.807, 2.05) is 37.3 Å². The van der Waals surface area contributed by atoms with E-state index in [0.717, 1.165) is 18.4 Å². The summed E-state index contributed by atoms with van der Waals surface area (Å²) in [6.45, 7) is 2.00. The molecular weight excluding hydrogens is 280 g/mol. The number of carbonyl (C=O) groups is 1. The highest BCUT2D eigenvalue weighted by molar-refractivity contribution is 5.95. The van der Waals surface area contributed by atoms with Crippen molar-refractivity contribution in [1.29, 1.82) is 0 Å². The molecule has 1 N–H and O–H groups in total. The molecule has 2 aromatic rings. The van der Waals surface area contributed by atoms with Crippen LogP contribution in [0.3, 0.4) is 0 Å². The third-order valence-corrected chi connectivity index (χ3v) is 3.47. The predicted octanol–water partition coefficient (Wildman–Crippen LogP) is 3.35. The van der Waals surface area contributed by atoms with Gasteiger partial charge in [0.25, 0.3) is 11.6 Å². The number of non-ortho nitro benzene ring substituents is 1. The fraction of sp³-hybridized carbons (Fsp3) is 0.235. The Morgan fingerprint density at radius 1 is 1.18 bits per heavy atom. The SMILES string of the molecule is CCC(Cc1ccccc1)NC(=O)c1cccc([N+](=O)[O-])c1. The van der Waals surface area contributed by atoms with Gasteiger partial charge >= 0.3 is 0 Å². The number of nitrogens with zero attached hydrogens (tertiary/aromatic N) is 1. The zero-order valence-corrected chi connectivity index (χ0v) is 12.4. The van der Waals surface area contributed by atoms with Crippen LogP contribution in [0.25, 0.3) is 0 Å². The minimum atomic E-state index is -0.502. The molecule has 2 rings (SSSR count). The summed E-state index contributed by atoms with van der Waals surface area (Å²) in [5, 5.41) is 13.7. The van der Waals surface area contributed by atoms with Crippen molar-refractivity contribution in [2.75, 3.05) is 0 Å². The fourth-order valence-electron chi connectivity index (χ4n) is 2.23. The van der Waals surface area contributed by atoms with E-state index in [0.29, 0.717) is 5.56 Å². The summed E-state index contributed by atoms with van der Waals surface area (Å²) in [6, 6.07) is 15.7. The number of amides is 1. The molecule has 0 saturated carbocycles. The fourth-order valence-corrected chi connectivity index (χ4v) is 2.23. The highest BCUT2D eigenvalue weighted by atomic mass is 16.6. The van der Waals surface area contributed by atoms with Crippen LogP contribution in [-0.4, -0.2) is 16.9 Å². The Labute approximate surface area is 129 Å². The van der Waals surface area contributed by atoms with Crippen LogP contribution in [0.5, 0.6) is 0 Å². The number of rotatable bonds is 6. The Bertz CT molecular complexity index is 656. The monoisotopic (exact) mass is 298 g/mol. The lowest BCUT2D eigenvalue weighted by molar-refractivity contribution is -0.384. The van der Waals surface area contributed by atoms with Crippen LogP contribution in [0.15, 0.2) is 54.6 Å². The molecule has 0 bridgehead atoms. The average Bonchev–Trinajstić information content (AvgIpc) is 2.55. The van der Waals surface area contributed by atoms with Crippen molar-refractivity contribution in [3.8, 4) is 0 Å². The lowest BCUT2D eigenvalue weighted by Crippen LogP contribution is -2.36. The molecule has 5 nitrogen and oxygen atoms in total. The van der Waals surface area contributed by atoms with E-state index < -0.39 is 4.92 Å². The van der Waals surface area contributed by atoms with Crippen molar-refractivity contribution >= 4 is 11.6 Å². The zero-order valence-electron chi connectivity index (χ0n) is 12.4. The van der Waals surface area contributed by atoms with Crippen molar-refractivity contribution in [3.05, 3.63) is 75.8 Å². The summed E-state index contributed by atoms with van der Waals surface area (Å²) in [6.07, 6.45) is 1.52. The standard InChI is InChI=1S/C17H18N2O3/c1-2-15(11-13-7-4-3-5-8-13)18-17(20)14-9-6-10-16(12-14)19(21)22/h3-10,12,15H,2,11H2,1H3,(H,18,20). The Kier molecular flexibility index (Phi) is 5.25. The van der Waals surface area contributed by atoms with Gasteiger partial charge in [-0.25, -0.2) is 0 Å². The zero-order chi connectivity index (χ0) is 15.9. The van der Waals surface area contributed by atoms with Crippen LogP contribution >= 0.6 is 0 Å². The molecule has 0 aromatic heterocycles. The lowest BCUT2D eigenvalue weighted by Gasteiger charge is -2.17. The first kappa shape index (κ1) is 15.7. The first-order chi connectivity index (χ1) is 10.6. The number of carbonyl (C=O) groups excluding carboxylic acids is 1. The summed E-state index contributed by atoms with van der Waals surface area (Å²) in [7, 11) is 0. The smallest absolute Gasteiger partial charge is 0.270 e. The maximum absolute atomic E-state index is 12.2. The minimum absolute atomic E-state index is 0.00541. The van der Waals surface area contributed by atoms with Crippen LogP contribution in [0.4, 0.5) is 5.69 Å². The second-order valence-electron chi connectivity index (χ2n) is 5.08. The molecule has 0 aliphatic heterocycles. The maximum atomic E-state index is 12.2. The van der Waals surface area contributed by atoms with Gasteiger partial charge in [0.05, 0.1) is 4.92 Å². The largest absolute Gasteiger partial charge is 0.349 e. The number of hydrogen-bond acceptors (Lipinski definition) is 3. The van der Waals surface area contributed by atoms with Crippen molar-refractivity contribution in [2.45, 2.75) is 25.8 Å². The first-order valence-electron chi connectivity index (χ1n) is 7.19. The van der Waals surface area contributed by atoms with Gasteiger partial charge < -0.3 is 5.32 Å². The quantitative estimate of drug-likeness (QED) is 0.656. The molecule has 0 heterocycles. The molecule has 1 atom stereocenters. The Morgan fingerprint density at radius 3 is 2.55 bits per heavy atom. The summed E-state index contributed by atoms with van der Waals surface area (Å²) < 4.78 is 0. The number of benzene rings is 2. The van der Waals surface area contributed by atoms with Gasteiger partial charge in [0.15, 0.2) is 0 Å². The van der Waals surface area contributed by atoms with Crippen LogP contribution < -0.4 is 5.32 Å². The van der Waals surface area contributed by atoms with Crippen molar-refractivity contribution in [2.24, 2.45) is 0 Å². The van der Waals surface area contributed by atoms with E-state index in [2.05, 4.69) is 5.32 Å². The molecule has 0 spiro atoms. The highest BCUT2D eigenvalue weighted by Gasteiger charge is 2.15. The van der Waals surface area contributed by atoms with Gasteiger partial charge in [-0.05, 0) is 24.5 Å². The van der Waals surface area contributed by atoms with Gasteiger partial charge in [0.1, 0.15) is 0 Å². The molecular formula is C17H18N2O3. The molecule has 0 aliphatic carbocycles. The van der Waals surface area contributed by atoms with E-state index in [4.69, 9.17) is 0 Å². The topological polar surface area (TPSA) is 72.2 Å². The molecule has 0 aliphatic rings. The first-order valence-corrected chi connectivity index (χ1v) is 7.19. The Hall–Kier alpha value is -2.69. The second-order valence-corrected chi connectivity index (χ2v) is 5.08. The second kappa shape index (κ2) is 7.36. The number of nitrogens with one attached hydrogen (secondary N) is 1. The number of hydrogen-bond donors (Lipinski definition) is 1. The molecule has 2 aromatic carbocycles. The van der Waals surface area contributed by atoms with Crippen LogP contribution in [-0.2, 0) is 6.42 Å². The van der Waals surface area contributed by atoms with Gasteiger partial charge in [0, 0.05) is 23.7 Å². The van der Waals surface area contributed by atoms with Crippen molar-refractivity contribution < 1.29 is 9.72 Å². The molecule has 114 valence electrons. The molecule has 22 heavy (non-hydrogen) atoms. The minimum Gasteiger partial charge on any atom is -0.349 e. The molecule has 5 heteroatoms. The van der Waals surface area contributed by atoms with Gasteiger partial charge in [-0.2, -0.15) is 0 Å². The molecule has 1 amide bonds. The third kappa shape index (κ3) is 4.15. The normalized spacial score (nSPS) is 11.7. The lowest BCUT2D eigenvalue weighted by atomic mass is 10.0. The third-order valence-electron chi connectivity index (χ3n) is 3.47. The predicted molar refractivity (Wildman–Crippen MR) is 84.8 cm³/mol. The van der Waals surface area contributed by atoms with Crippen LogP contribution in [0.2, 0.25) is 0 Å². The van der Waals surface area contributed by atoms with Gasteiger partial charge in [-0.1, -0.05) is 43.3 Å². The molecule has 0 radical (unpaired) electrons. The van der Waals surface area contributed by atoms with Crippen LogP contribution in [0.1, 0.15) is 29.3 Å². The van der Waals surface area contributed by atoms with Crippen LogP contribution in [0, 0.1) is 10.1 Å². The van der Waals surface area contributed by atoms with E-state index in [1.54, 1.807) is 6.07 Å². The summed E-state index contributed by atoms with van der Waals surface area (Å²) in [4.78, 5) is 22.5. The summed E-state index contributed by atoms with van der Waals surface area (Å²) in [5.41, 5.74) is 1.37. The van der Waals surface area contributed by atoms with E-state index in [1.165, 1.54) is 18.2 Å². The number of nitro groups is 1. The Balaban J connectivity index is 2.06. The number of nitro benzene ring substituents is 1. The average molecular weight is 298 g/mol. The van der Waals surface area contributed by atoms with Gasteiger partial charge in [0.2, 0.25) is 0 Å². The molecule has 1 unspecified atom stereocenters. The summed E-state index contributed by atoms with van der Waals surface area (Å²) >= 11 is 0. The van der Waals surface area contributed by atoms with Gasteiger partial charge in [-0.3, -0.25) is 14.9 Å². The highest BCUT2D eigenvalue weighted by Crippen LogP contribution is 2.14. The van der Waals surface area contributed by atoms with E-state index in [-0.39, 0.29) is 17.6 Å².